The number of aromatic carboxylic acids is 1. The Kier molecular flexibility index (Phi) is 6.27. The van der Waals surface area contributed by atoms with Gasteiger partial charge in [-0.2, -0.15) is 0 Å². The van der Waals surface area contributed by atoms with Crippen LogP contribution in [0.5, 0.6) is 0 Å². The monoisotopic (exact) mass is 395 g/mol. The fraction of sp³-hybridized carbons (Fsp3) is 0.222. The Morgan fingerprint density at radius 1 is 1.04 bits per heavy atom. The normalized spacial score (nSPS) is 11.0. The van der Waals surface area contributed by atoms with Crippen LogP contribution >= 0.6 is 11.9 Å². The first kappa shape index (κ1) is 20.5. The molecule has 6 nitrogen and oxygen atoms in total. The second-order valence-corrected chi connectivity index (χ2v) is 7.55. The van der Waals surface area contributed by atoms with Crippen LogP contribution in [0.1, 0.15) is 31.1 Å². The van der Waals surface area contributed by atoms with E-state index in [9.17, 15) is 18.4 Å². The Bertz CT molecular complexity index is 852. The molecule has 0 fully saturated rings. The molecule has 0 saturated heterocycles. The first-order chi connectivity index (χ1) is 12.5. The molecule has 0 aromatic heterocycles. The van der Waals surface area contributed by atoms with Gasteiger partial charge in [-0.25, -0.2) is 18.4 Å². The van der Waals surface area contributed by atoms with E-state index in [0.29, 0.717) is 16.6 Å². The largest absolute Gasteiger partial charge is 0.478 e. The van der Waals surface area contributed by atoms with Crippen molar-refractivity contribution in [3.05, 3.63) is 53.6 Å². The van der Waals surface area contributed by atoms with E-state index in [1.54, 1.807) is 24.3 Å². The van der Waals surface area contributed by atoms with Gasteiger partial charge in [0.1, 0.15) is 11.6 Å². The van der Waals surface area contributed by atoms with Gasteiger partial charge in [0.05, 0.1) is 11.3 Å². The van der Waals surface area contributed by atoms with E-state index in [1.165, 1.54) is 0 Å². The standard InChI is InChI=1S/C18H19F2N3O3S/c1-18(2,3)22-17(26)21-10-4-6-11(7-5-10)27-23-15-9-13(19)12(16(24)25)8-14(15)20/h4-9,23H,1-3H3,(H,24,25)(H2,21,22,26). The van der Waals surface area contributed by atoms with Crippen LogP contribution in [0.15, 0.2) is 41.3 Å². The van der Waals surface area contributed by atoms with Crippen LogP contribution < -0.4 is 15.4 Å². The number of carbonyl (C=O) groups excluding carboxylic acids is 1. The summed E-state index contributed by atoms with van der Waals surface area (Å²) in [4.78, 5) is 23.3. The number of rotatable bonds is 5. The number of benzene rings is 2. The van der Waals surface area contributed by atoms with E-state index in [-0.39, 0.29) is 17.3 Å². The summed E-state index contributed by atoms with van der Waals surface area (Å²) >= 11 is 1.02. The minimum atomic E-state index is -1.54. The molecule has 0 aliphatic rings. The molecule has 0 unspecified atom stereocenters. The van der Waals surface area contributed by atoms with Crippen molar-refractivity contribution in [1.29, 1.82) is 0 Å². The molecule has 0 saturated carbocycles. The van der Waals surface area contributed by atoms with Crippen molar-refractivity contribution in [2.45, 2.75) is 31.2 Å². The van der Waals surface area contributed by atoms with Gasteiger partial charge < -0.3 is 20.5 Å². The lowest BCUT2D eigenvalue weighted by atomic mass is 10.1. The molecule has 0 spiro atoms. The lowest BCUT2D eigenvalue weighted by Crippen LogP contribution is -2.43. The SMILES string of the molecule is CC(C)(C)NC(=O)Nc1ccc(SNc2cc(F)c(C(=O)O)cc2F)cc1. The van der Waals surface area contributed by atoms with Crippen LogP contribution in [0.25, 0.3) is 0 Å². The van der Waals surface area contributed by atoms with Crippen molar-refractivity contribution in [2.24, 2.45) is 0 Å². The summed E-state index contributed by atoms with van der Waals surface area (Å²) in [7, 11) is 0. The van der Waals surface area contributed by atoms with Crippen molar-refractivity contribution in [3.63, 3.8) is 0 Å². The van der Waals surface area contributed by atoms with Crippen LogP contribution in [-0.2, 0) is 0 Å². The highest BCUT2D eigenvalue weighted by atomic mass is 32.2. The first-order valence-electron chi connectivity index (χ1n) is 7.89. The molecule has 0 radical (unpaired) electrons. The highest BCUT2D eigenvalue weighted by Gasteiger charge is 2.16. The van der Waals surface area contributed by atoms with Gasteiger partial charge in [-0.3, -0.25) is 0 Å². The van der Waals surface area contributed by atoms with Crippen LogP contribution in [0, 0.1) is 11.6 Å². The number of urea groups is 1. The molecule has 27 heavy (non-hydrogen) atoms. The topological polar surface area (TPSA) is 90.5 Å². The summed E-state index contributed by atoms with van der Waals surface area (Å²) in [6, 6.07) is 7.78. The van der Waals surface area contributed by atoms with Crippen molar-refractivity contribution >= 4 is 35.3 Å². The molecule has 0 aliphatic carbocycles. The molecule has 2 aromatic carbocycles. The Morgan fingerprint density at radius 2 is 1.67 bits per heavy atom. The quantitative estimate of drug-likeness (QED) is 0.551. The molecule has 2 amide bonds. The van der Waals surface area contributed by atoms with Crippen molar-refractivity contribution in [2.75, 3.05) is 10.0 Å². The number of carboxylic acids is 1. The zero-order chi connectivity index (χ0) is 20.2. The minimum absolute atomic E-state index is 0.172. The van der Waals surface area contributed by atoms with Crippen molar-refractivity contribution < 1.29 is 23.5 Å². The molecule has 2 aromatic rings. The molecule has 144 valence electrons. The highest BCUT2D eigenvalue weighted by Crippen LogP contribution is 2.26. The van der Waals surface area contributed by atoms with Gasteiger partial charge in [-0.15, -0.1) is 0 Å². The smallest absolute Gasteiger partial charge is 0.338 e. The lowest BCUT2D eigenvalue weighted by Gasteiger charge is -2.20. The number of hydrogen-bond acceptors (Lipinski definition) is 4. The molecule has 0 aliphatic heterocycles. The molecule has 0 atom stereocenters. The van der Waals surface area contributed by atoms with Crippen molar-refractivity contribution in [3.8, 4) is 0 Å². The van der Waals surface area contributed by atoms with Gasteiger partial charge >= 0.3 is 12.0 Å². The van der Waals surface area contributed by atoms with Crippen LogP contribution in [0.3, 0.4) is 0 Å². The Labute approximate surface area is 159 Å². The zero-order valence-corrected chi connectivity index (χ0v) is 15.7. The third-order valence-corrected chi connectivity index (χ3v) is 4.00. The number of nitrogens with one attached hydrogen (secondary N) is 3. The minimum Gasteiger partial charge on any atom is -0.478 e. The number of amides is 2. The number of carboxylic acid groups (broad SMARTS) is 1. The average molecular weight is 395 g/mol. The van der Waals surface area contributed by atoms with Gasteiger partial charge in [0.2, 0.25) is 0 Å². The molecular formula is C18H19F2N3O3S. The maximum atomic E-state index is 13.9. The maximum Gasteiger partial charge on any atom is 0.338 e. The van der Waals surface area contributed by atoms with E-state index >= 15 is 0 Å². The number of carbonyl (C=O) groups is 2. The number of anilines is 2. The van der Waals surface area contributed by atoms with E-state index in [2.05, 4.69) is 15.4 Å². The zero-order valence-electron chi connectivity index (χ0n) is 14.9. The second-order valence-electron chi connectivity index (χ2n) is 6.67. The first-order valence-corrected chi connectivity index (χ1v) is 8.71. The predicted molar refractivity (Wildman–Crippen MR) is 101 cm³/mol. The number of halogens is 2. The molecular weight excluding hydrogens is 376 g/mol. The third kappa shape index (κ3) is 6.14. The fourth-order valence-corrected chi connectivity index (χ4v) is 2.67. The summed E-state index contributed by atoms with van der Waals surface area (Å²) in [5.41, 5.74) is -0.690. The van der Waals surface area contributed by atoms with Crippen LogP contribution in [0.2, 0.25) is 0 Å². The van der Waals surface area contributed by atoms with Crippen LogP contribution in [-0.4, -0.2) is 22.6 Å². The third-order valence-electron chi connectivity index (χ3n) is 3.17. The molecule has 2 rings (SSSR count). The van der Waals surface area contributed by atoms with E-state index < -0.39 is 23.2 Å². The summed E-state index contributed by atoms with van der Waals surface area (Å²) < 4.78 is 30.2. The van der Waals surface area contributed by atoms with Crippen molar-refractivity contribution in [1.82, 2.24) is 5.32 Å². The van der Waals surface area contributed by atoms with Gasteiger partial charge in [-0.05, 0) is 63.1 Å². The van der Waals surface area contributed by atoms with Crippen LogP contribution in [0.4, 0.5) is 25.0 Å². The van der Waals surface area contributed by atoms with E-state index in [1.807, 2.05) is 20.8 Å². The summed E-state index contributed by atoms with van der Waals surface area (Å²) in [6.45, 7) is 5.59. The predicted octanol–water partition coefficient (Wildman–Crippen LogP) is 4.70. The summed E-state index contributed by atoms with van der Waals surface area (Å²) in [6.07, 6.45) is 0. The Morgan fingerprint density at radius 3 is 2.22 bits per heavy atom. The molecule has 0 bridgehead atoms. The highest BCUT2D eigenvalue weighted by molar-refractivity contribution is 8.00. The number of hydrogen-bond donors (Lipinski definition) is 4. The van der Waals surface area contributed by atoms with E-state index in [0.717, 1.165) is 18.0 Å². The maximum absolute atomic E-state index is 13.9. The van der Waals surface area contributed by atoms with E-state index in [4.69, 9.17) is 5.11 Å². The average Bonchev–Trinajstić information content (AvgIpc) is 2.54. The van der Waals surface area contributed by atoms with Gasteiger partial charge in [0, 0.05) is 22.2 Å². The fourth-order valence-electron chi connectivity index (χ4n) is 2.01. The molecule has 0 heterocycles. The summed E-state index contributed by atoms with van der Waals surface area (Å²) in [5, 5.41) is 14.2. The molecule has 4 N–H and O–H groups in total. The summed E-state index contributed by atoms with van der Waals surface area (Å²) in [5.74, 6) is -3.45. The lowest BCUT2D eigenvalue weighted by molar-refractivity contribution is 0.0691. The van der Waals surface area contributed by atoms with Gasteiger partial charge in [0.15, 0.2) is 0 Å². The van der Waals surface area contributed by atoms with Gasteiger partial charge in [0.25, 0.3) is 0 Å². The second kappa shape index (κ2) is 8.26. The Balaban J connectivity index is 1.98. The van der Waals surface area contributed by atoms with Gasteiger partial charge in [-0.1, -0.05) is 0 Å². The molecule has 9 heteroatoms. The Hall–Kier alpha value is -2.81.